The predicted molar refractivity (Wildman–Crippen MR) is 52.4 cm³/mol. The lowest BCUT2D eigenvalue weighted by molar-refractivity contribution is 0.187. The zero-order valence-electron chi connectivity index (χ0n) is 7.11. The first-order valence-electron chi connectivity index (χ1n) is 3.54. The summed E-state index contributed by atoms with van der Waals surface area (Å²) in [5.41, 5.74) is 0.126. The lowest BCUT2D eigenvalue weighted by atomic mass is 10.3. The van der Waals surface area contributed by atoms with Gasteiger partial charge in [0, 0.05) is 0 Å². The molecule has 0 heterocycles. The molecular weight excluding hydrogens is 232 g/mol. The number of carbonyl (C=O) groups is 1. The molecular formula is C8H6Cl2FNO2. The van der Waals surface area contributed by atoms with Gasteiger partial charge < -0.3 is 4.74 Å². The van der Waals surface area contributed by atoms with Crippen LogP contribution in [0, 0.1) is 5.82 Å². The van der Waals surface area contributed by atoms with E-state index in [0.717, 1.165) is 12.1 Å². The molecule has 0 bridgehead atoms. The Morgan fingerprint density at radius 1 is 1.43 bits per heavy atom. The number of anilines is 1. The Morgan fingerprint density at radius 3 is 2.36 bits per heavy atom. The van der Waals surface area contributed by atoms with Crippen molar-refractivity contribution in [2.75, 3.05) is 12.4 Å². The monoisotopic (exact) mass is 237 g/mol. The summed E-state index contributed by atoms with van der Waals surface area (Å²) >= 11 is 11.3. The van der Waals surface area contributed by atoms with Crippen molar-refractivity contribution in [1.82, 2.24) is 0 Å². The number of amides is 1. The Morgan fingerprint density at radius 2 is 1.93 bits per heavy atom. The van der Waals surface area contributed by atoms with E-state index in [1.54, 1.807) is 0 Å². The van der Waals surface area contributed by atoms with E-state index in [4.69, 9.17) is 23.2 Å². The molecule has 0 aliphatic heterocycles. The molecule has 0 radical (unpaired) electrons. The largest absolute Gasteiger partial charge is 0.453 e. The molecule has 1 amide bonds. The molecule has 0 aliphatic rings. The zero-order valence-corrected chi connectivity index (χ0v) is 8.62. The van der Waals surface area contributed by atoms with E-state index in [1.165, 1.54) is 7.11 Å². The topological polar surface area (TPSA) is 38.3 Å². The minimum Gasteiger partial charge on any atom is -0.453 e. The second-order valence-corrected chi connectivity index (χ2v) is 3.18. The van der Waals surface area contributed by atoms with Gasteiger partial charge in [-0.2, -0.15) is 0 Å². The molecule has 0 saturated heterocycles. The van der Waals surface area contributed by atoms with Crippen molar-refractivity contribution < 1.29 is 13.9 Å². The molecule has 0 fully saturated rings. The maximum Gasteiger partial charge on any atom is 0.411 e. The Labute approximate surface area is 89.8 Å². The number of methoxy groups -OCH3 is 1. The van der Waals surface area contributed by atoms with Gasteiger partial charge >= 0.3 is 6.09 Å². The Hall–Kier alpha value is -1.00. The normalized spacial score (nSPS) is 9.71. The predicted octanol–water partition coefficient (Wildman–Crippen LogP) is 3.31. The summed E-state index contributed by atoms with van der Waals surface area (Å²) < 4.78 is 17.0. The fraction of sp³-hybridized carbons (Fsp3) is 0.125. The molecule has 3 nitrogen and oxygen atoms in total. The van der Waals surface area contributed by atoms with Crippen LogP contribution in [0.3, 0.4) is 0 Å². The first-order chi connectivity index (χ1) is 6.54. The average Bonchev–Trinajstić information content (AvgIpc) is 2.10. The fourth-order valence-corrected chi connectivity index (χ4v) is 1.37. The van der Waals surface area contributed by atoms with Crippen molar-refractivity contribution >= 4 is 35.0 Å². The zero-order chi connectivity index (χ0) is 10.7. The molecule has 14 heavy (non-hydrogen) atoms. The van der Waals surface area contributed by atoms with Crippen LogP contribution < -0.4 is 5.32 Å². The van der Waals surface area contributed by atoms with Gasteiger partial charge in [-0.3, -0.25) is 5.32 Å². The van der Waals surface area contributed by atoms with Crippen LogP contribution in [0.25, 0.3) is 0 Å². The molecule has 1 aromatic rings. The Bertz CT molecular complexity index is 347. The van der Waals surface area contributed by atoms with Crippen molar-refractivity contribution in [2.45, 2.75) is 0 Å². The molecule has 0 spiro atoms. The SMILES string of the molecule is COC(=O)Nc1c(Cl)cc(F)cc1Cl. The summed E-state index contributed by atoms with van der Waals surface area (Å²) in [7, 11) is 1.20. The lowest BCUT2D eigenvalue weighted by Gasteiger charge is -2.07. The first-order valence-corrected chi connectivity index (χ1v) is 4.29. The van der Waals surface area contributed by atoms with Crippen LogP contribution in [0.2, 0.25) is 10.0 Å². The average molecular weight is 238 g/mol. The third kappa shape index (κ3) is 2.49. The van der Waals surface area contributed by atoms with Gasteiger partial charge in [0.25, 0.3) is 0 Å². The summed E-state index contributed by atoms with van der Waals surface area (Å²) in [5, 5.41) is 2.29. The second kappa shape index (κ2) is 4.48. The van der Waals surface area contributed by atoms with Gasteiger partial charge in [0.1, 0.15) is 5.82 Å². The highest BCUT2D eigenvalue weighted by atomic mass is 35.5. The molecule has 1 rings (SSSR count). The Kier molecular flexibility index (Phi) is 3.55. The summed E-state index contributed by atoms with van der Waals surface area (Å²) in [6.45, 7) is 0. The third-order valence-electron chi connectivity index (χ3n) is 1.42. The molecule has 1 aromatic carbocycles. The van der Waals surface area contributed by atoms with Crippen LogP contribution in [-0.4, -0.2) is 13.2 Å². The highest BCUT2D eigenvalue weighted by Gasteiger charge is 2.11. The number of benzene rings is 1. The van der Waals surface area contributed by atoms with E-state index in [-0.39, 0.29) is 15.7 Å². The molecule has 1 N–H and O–H groups in total. The summed E-state index contributed by atoms with van der Waals surface area (Å²) in [5.74, 6) is -0.574. The number of hydrogen-bond donors (Lipinski definition) is 1. The van der Waals surface area contributed by atoms with Gasteiger partial charge in [0.05, 0.1) is 22.8 Å². The summed E-state index contributed by atoms with van der Waals surface area (Å²) in [4.78, 5) is 10.8. The van der Waals surface area contributed by atoms with E-state index in [0.29, 0.717) is 0 Å². The maximum atomic E-state index is 12.7. The molecule has 0 aromatic heterocycles. The van der Waals surface area contributed by atoms with Crippen molar-refractivity contribution in [1.29, 1.82) is 0 Å². The van der Waals surface area contributed by atoms with Crippen LogP contribution in [-0.2, 0) is 4.74 Å². The third-order valence-corrected chi connectivity index (χ3v) is 2.02. The van der Waals surface area contributed by atoms with Crippen molar-refractivity contribution in [3.8, 4) is 0 Å². The van der Waals surface area contributed by atoms with Gasteiger partial charge in [0.15, 0.2) is 0 Å². The van der Waals surface area contributed by atoms with Gasteiger partial charge in [-0.15, -0.1) is 0 Å². The van der Waals surface area contributed by atoms with Crippen molar-refractivity contribution in [3.05, 3.63) is 28.0 Å². The first kappa shape index (κ1) is 11.1. The van der Waals surface area contributed by atoms with Crippen LogP contribution in [0.15, 0.2) is 12.1 Å². The fourth-order valence-electron chi connectivity index (χ4n) is 0.815. The second-order valence-electron chi connectivity index (χ2n) is 2.36. The van der Waals surface area contributed by atoms with Crippen LogP contribution in [0.5, 0.6) is 0 Å². The number of carbonyl (C=O) groups excluding carboxylic acids is 1. The highest BCUT2D eigenvalue weighted by molar-refractivity contribution is 6.39. The van der Waals surface area contributed by atoms with Crippen molar-refractivity contribution in [2.24, 2.45) is 0 Å². The quantitative estimate of drug-likeness (QED) is 0.814. The van der Waals surface area contributed by atoms with Crippen LogP contribution in [0.4, 0.5) is 14.9 Å². The van der Waals surface area contributed by atoms with E-state index in [2.05, 4.69) is 10.1 Å². The van der Waals surface area contributed by atoms with Gasteiger partial charge in [0.2, 0.25) is 0 Å². The van der Waals surface area contributed by atoms with Gasteiger partial charge in [-0.1, -0.05) is 23.2 Å². The van der Waals surface area contributed by atoms with E-state index in [1.807, 2.05) is 0 Å². The lowest BCUT2D eigenvalue weighted by Crippen LogP contribution is -2.11. The number of halogens is 3. The van der Waals surface area contributed by atoms with E-state index in [9.17, 15) is 9.18 Å². The number of rotatable bonds is 1. The van der Waals surface area contributed by atoms with E-state index < -0.39 is 11.9 Å². The summed E-state index contributed by atoms with van der Waals surface area (Å²) in [6, 6.07) is 2.08. The summed E-state index contributed by atoms with van der Waals surface area (Å²) in [6.07, 6.45) is -0.722. The highest BCUT2D eigenvalue weighted by Crippen LogP contribution is 2.31. The molecule has 76 valence electrons. The van der Waals surface area contributed by atoms with Gasteiger partial charge in [-0.05, 0) is 12.1 Å². The van der Waals surface area contributed by atoms with E-state index >= 15 is 0 Å². The van der Waals surface area contributed by atoms with Crippen LogP contribution in [0.1, 0.15) is 0 Å². The van der Waals surface area contributed by atoms with Crippen LogP contribution >= 0.6 is 23.2 Å². The number of nitrogens with one attached hydrogen (secondary N) is 1. The molecule has 6 heteroatoms. The number of ether oxygens (including phenoxy) is 1. The smallest absolute Gasteiger partial charge is 0.411 e. The number of hydrogen-bond acceptors (Lipinski definition) is 2. The Balaban J connectivity index is 3.02. The maximum absolute atomic E-state index is 12.7. The molecule has 0 saturated carbocycles. The minimum atomic E-state index is -0.722. The molecule has 0 atom stereocenters. The molecule has 0 aliphatic carbocycles. The van der Waals surface area contributed by atoms with Gasteiger partial charge in [-0.25, -0.2) is 9.18 Å². The minimum absolute atomic E-state index is 0.0143. The van der Waals surface area contributed by atoms with Crippen molar-refractivity contribution in [3.63, 3.8) is 0 Å². The standard InChI is InChI=1S/C8H6Cl2FNO2/c1-14-8(13)12-7-5(9)2-4(11)3-6(7)10/h2-3H,1H3,(H,12,13). The molecule has 0 unspecified atom stereocenters.